The van der Waals surface area contributed by atoms with Gasteiger partial charge in [-0.25, -0.2) is 0 Å². The largest absolute Gasteiger partial charge is 0.490 e. The Balaban J connectivity index is 2.02. The topological polar surface area (TPSA) is 35.5 Å². The SMILES string of the molecule is O=Cc1c(Cl)cccc1OCC1CCCO1. The van der Waals surface area contributed by atoms with Crippen molar-refractivity contribution in [3.63, 3.8) is 0 Å². The molecule has 1 aliphatic heterocycles. The van der Waals surface area contributed by atoms with Crippen molar-refractivity contribution in [2.45, 2.75) is 18.9 Å². The molecule has 1 unspecified atom stereocenters. The van der Waals surface area contributed by atoms with Crippen molar-refractivity contribution in [1.82, 2.24) is 0 Å². The van der Waals surface area contributed by atoms with E-state index in [0.717, 1.165) is 19.4 Å². The molecule has 0 aliphatic carbocycles. The first-order chi connectivity index (χ1) is 7.81. The monoisotopic (exact) mass is 240 g/mol. The molecule has 0 aromatic heterocycles. The van der Waals surface area contributed by atoms with Gasteiger partial charge in [-0.05, 0) is 25.0 Å². The molecule has 2 rings (SSSR count). The lowest BCUT2D eigenvalue weighted by atomic mass is 10.2. The van der Waals surface area contributed by atoms with Crippen molar-refractivity contribution in [3.05, 3.63) is 28.8 Å². The molecular formula is C12H13ClO3. The maximum atomic E-state index is 10.8. The molecule has 1 aromatic rings. The van der Waals surface area contributed by atoms with Crippen LogP contribution in [0, 0.1) is 0 Å². The van der Waals surface area contributed by atoms with Crippen LogP contribution >= 0.6 is 11.6 Å². The van der Waals surface area contributed by atoms with Crippen LogP contribution in [0.15, 0.2) is 18.2 Å². The van der Waals surface area contributed by atoms with Gasteiger partial charge in [0.2, 0.25) is 0 Å². The van der Waals surface area contributed by atoms with Gasteiger partial charge in [-0.2, -0.15) is 0 Å². The number of hydrogen-bond acceptors (Lipinski definition) is 3. The van der Waals surface area contributed by atoms with Gasteiger partial charge in [-0.15, -0.1) is 0 Å². The summed E-state index contributed by atoms with van der Waals surface area (Å²) in [5.74, 6) is 0.526. The molecule has 1 heterocycles. The summed E-state index contributed by atoms with van der Waals surface area (Å²) in [6, 6.07) is 5.18. The van der Waals surface area contributed by atoms with Crippen molar-refractivity contribution in [1.29, 1.82) is 0 Å². The van der Waals surface area contributed by atoms with E-state index < -0.39 is 0 Å². The van der Waals surface area contributed by atoms with Gasteiger partial charge >= 0.3 is 0 Å². The Bertz CT molecular complexity index is 373. The quantitative estimate of drug-likeness (QED) is 0.759. The molecule has 3 nitrogen and oxygen atoms in total. The fourth-order valence-corrected chi connectivity index (χ4v) is 1.93. The number of carbonyl (C=O) groups is 1. The van der Waals surface area contributed by atoms with Crippen LogP contribution in [-0.2, 0) is 4.74 Å². The smallest absolute Gasteiger partial charge is 0.155 e. The fraction of sp³-hybridized carbons (Fsp3) is 0.417. The third-order valence-electron chi connectivity index (χ3n) is 2.58. The summed E-state index contributed by atoms with van der Waals surface area (Å²) in [6.45, 7) is 1.27. The number of hydrogen-bond donors (Lipinski definition) is 0. The summed E-state index contributed by atoms with van der Waals surface area (Å²) in [7, 11) is 0. The summed E-state index contributed by atoms with van der Waals surface area (Å²) < 4.78 is 11.0. The molecule has 0 N–H and O–H groups in total. The summed E-state index contributed by atoms with van der Waals surface area (Å²) in [5, 5.41) is 0.417. The van der Waals surface area contributed by atoms with Gasteiger partial charge in [0.25, 0.3) is 0 Å². The predicted molar refractivity (Wildman–Crippen MR) is 61.3 cm³/mol. The summed E-state index contributed by atoms with van der Waals surface area (Å²) in [6.07, 6.45) is 2.94. The van der Waals surface area contributed by atoms with E-state index in [0.29, 0.717) is 29.2 Å². The molecule has 1 fully saturated rings. The lowest BCUT2D eigenvalue weighted by molar-refractivity contribution is 0.0675. The van der Waals surface area contributed by atoms with Crippen LogP contribution in [0.1, 0.15) is 23.2 Å². The molecule has 1 aromatic carbocycles. The van der Waals surface area contributed by atoms with Gasteiger partial charge in [-0.3, -0.25) is 4.79 Å². The maximum Gasteiger partial charge on any atom is 0.155 e. The minimum Gasteiger partial charge on any atom is -0.490 e. The van der Waals surface area contributed by atoms with Crippen LogP contribution in [0.3, 0.4) is 0 Å². The lowest BCUT2D eigenvalue weighted by Crippen LogP contribution is -2.16. The van der Waals surface area contributed by atoms with Gasteiger partial charge in [-0.1, -0.05) is 17.7 Å². The average molecular weight is 241 g/mol. The first-order valence-electron chi connectivity index (χ1n) is 5.29. The highest BCUT2D eigenvalue weighted by Crippen LogP contribution is 2.25. The van der Waals surface area contributed by atoms with Crippen LogP contribution in [-0.4, -0.2) is 25.6 Å². The summed E-state index contributed by atoms with van der Waals surface area (Å²) >= 11 is 5.88. The Labute approximate surface area is 99.3 Å². The molecule has 1 saturated heterocycles. The second-order valence-corrected chi connectivity index (χ2v) is 4.12. The summed E-state index contributed by atoms with van der Waals surface area (Å²) in [5.41, 5.74) is 0.405. The second-order valence-electron chi connectivity index (χ2n) is 3.72. The molecule has 4 heteroatoms. The highest BCUT2D eigenvalue weighted by atomic mass is 35.5. The third kappa shape index (κ3) is 2.54. The Morgan fingerprint density at radius 2 is 2.44 bits per heavy atom. The number of ether oxygens (including phenoxy) is 2. The van der Waals surface area contributed by atoms with Crippen molar-refractivity contribution in [2.75, 3.05) is 13.2 Å². The Kier molecular flexibility index (Phi) is 3.80. The van der Waals surface area contributed by atoms with Gasteiger partial charge < -0.3 is 9.47 Å². The number of carbonyl (C=O) groups excluding carboxylic acids is 1. The highest BCUT2D eigenvalue weighted by molar-refractivity contribution is 6.33. The summed E-state index contributed by atoms with van der Waals surface area (Å²) in [4.78, 5) is 10.8. The zero-order valence-electron chi connectivity index (χ0n) is 8.82. The maximum absolute atomic E-state index is 10.8. The van der Waals surface area contributed by atoms with E-state index in [1.165, 1.54) is 0 Å². The van der Waals surface area contributed by atoms with E-state index in [9.17, 15) is 4.79 Å². The minimum absolute atomic E-state index is 0.137. The van der Waals surface area contributed by atoms with E-state index in [-0.39, 0.29) is 6.10 Å². The number of benzene rings is 1. The van der Waals surface area contributed by atoms with Crippen molar-refractivity contribution in [2.24, 2.45) is 0 Å². The van der Waals surface area contributed by atoms with Crippen LogP contribution in [0.25, 0.3) is 0 Å². The molecule has 0 radical (unpaired) electrons. The van der Waals surface area contributed by atoms with Crippen LogP contribution in [0.5, 0.6) is 5.75 Å². The molecule has 0 bridgehead atoms. The Morgan fingerprint density at radius 1 is 1.56 bits per heavy atom. The molecule has 0 spiro atoms. The van der Waals surface area contributed by atoms with Crippen molar-refractivity contribution < 1.29 is 14.3 Å². The molecule has 16 heavy (non-hydrogen) atoms. The van der Waals surface area contributed by atoms with E-state index in [2.05, 4.69) is 0 Å². The molecular weight excluding hydrogens is 228 g/mol. The van der Waals surface area contributed by atoms with Gasteiger partial charge in [0.05, 0.1) is 16.7 Å². The van der Waals surface area contributed by atoms with Gasteiger partial charge in [0, 0.05) is 6.61 Å². The third-order valence-corrected chi connectivity index (χ3v) is 2.91. The molecule has 0 amide bonds. The average Bonchev–Trinajstić information content (AvgIpc) is 2.79. The first kappa shape index (κ1) is 11.4. The van der Waals surface area contributed by atoms with Gasteiger partial charge in [0.1, 0.15) is 12.4 Å². The van der Waals surface area contributed by atoms with E-state index in [1.54, 1.807) is 18.2 Å². The highest BCUT2D eigenvalue weighted by Gasteiger charge is 2.17. The Hall–Kier alpha value is -1.06. The number of aldehydes is 1. The van der Waals surface area contributed by atoms with E-state index >= 15 is 0 Å². The van der Waals surface area contributed by atoms with E-state index in [1.807, 2.05) is 0 Å². The van der Waals surface area contributed by atoms with Crippen LogP contribution in [0.2, 0.25) is 5.02 Å². The minimum atomic E-state index is 0.137. The van der Waals surface area contributed by atoms with E-state index in [4.69, 9.17) is 21.1 Å². The second kappa shape index (κ2) is 5.32. The van der Waals surface area contributed by atoms with Crippen molar-refractivity contribution >= 4 is 17.9 Å². The van der Waals surface area contributed by atoms with Crippen molar-refractivity contribution in [3.8, 4) is 5.75 Å². The molecule has 1 atom stereocenters. The molecule has 0 saturated carbocycles. The zero-order valence-corrected chi connectivity index (χ0v) is 9.57. The lowest BCUT2D eigenvalue weighted by Gasteiger charge is -2.13. The first-order valence-corrected chi connectivity index (χ1v) is 5.67. The zero-order chi connectivity index (χ0) is 11.4. The molecule has 86 valence electrons. The normalized spacial score (nSPS) is 19.7. The van der Waals surface area contributed by atoms with Gasteiger partial charge in [0.15, 0.2) is 6.29 Å². The predicted octanol–water partition coefficient (Wildman–Crippen LogP) is 2.71. The van der Waals surface area contributed by atoms with Crippen LogP contribution < -0.4 is 4.74 Å². The standard InChI is InChI=1S/C12H13ClO3/c13-11-4-1-5-12(10(11)7-14)16-8-9-3-2-6-15-9/h1,4-5,7,9H,2-3,6,8H2. The number of rotatable bonds is 4. The Morgan fingerprint density at radius 3 is 3.12 bits per heavy atom. The van der Waals surface area contributed by atoms with Crippen LogP contribution in [0.4, 0.5) is 0 Å². The fourth-order valence-electron chi connectivity index (χ4n) is 1.72. The molecule has 1 aliphatic rings. The number of halogens is 1.